The third-order valence-electron chi connectivity index (χ3n) is 4.15. The Morgan fingerprint density at radius 2 is 2.04 bits per heavy atom. The molecule has 1 fully saturated rings. The van der Waals surface area contributed by atoms with E-state index in [1.807, 2.05) is 18.2 Å². The predicted octanol–water partition coefficient (Wildman–Crippen LogP) is 0.642. The first-order valence-corrected chi connectivity index (χ1v) is 9.57. The summed E-state index contributed by atoms with van der Waals surface area (Å²) < 4.78 is 30.1. The van der Waals surface area contributed by atoms with Gasteiger partial charge in [0, 0.05) is 26.1 Å². The van der Waals surface area contributed by atoms with Gasteiger partial charge < -0.3 is 9.64 Å². The molecule has 0 saturated carbocycles. The van der Waals surface area contributed by atoms with Crippen molar-refractivity contribution in [3.8, 4) is 0 Å². The molecule has 2 atom stereocenters. The molecule has 0 spiro atoms. The largest absolute Gasteiger partial charge is 0.381 e. The number of hydrogen-bond donors (Lipinski definition) is 1. The number of carbonyl (C=O) groups excluding carboxylic acids is 1. The van der Waals surface area contributed by atoms with Crippen LogP contribution in [-0.4, -0.2) is 58.3 Å². The highest BCUT2D eigenvalue weighted by Gasteiger charge is 2.31. The summed E-state index contributed by atoms with van der Waals surface area (Å²) in [6.07, 6.45) is 2.76. The second kappa shape index (κ2) is 7.90. The van der Waals surface area contributed by atoms with Crippen LogP contribution in [0.4, 0.5) is 0 Å². The number of hydrogen-bond acceptors (Lipinski definition) is 4. The fraction of sp³-hybridized carbons (Fsp3) is 0.562. The molecule has 0 bridgehead atoms. The van der Waals surface area contributed by atoms with Crippen LogP contribution in [0.25, 0.3) is 0 Å². The number of rotatable bonds is 6. The number of piperidine rings is 1. The lowest BCUT2D eigenvalue weighted by atomic mass is 9.88. The molecule has 1 amide bonds. The van der Waals surface area contributed by atoms with Gasteiger partial charge in [-0.1, -0.05) is 30.3 Å². The molecule has 1 heterocycles. The van der Waals surface area contributed by atoms with E-state index in [2.05, 4.69) is 16.9 Å². The smallest absolute Gasteiger partial charge is 0.237 e. The summed E-state index contributed by atoms with van der Waals surface area (Å²) >= 11 is 0. The predicted molar refractivity (Wildman–Crippen MR) is 88.5 cm³/mol. The standard InChI is InChI=1S/C16H24N2O4S/c1-22-15-8-9-18(16(19)11-17-23(2,20)21)12-14(15)10-13-6-4-3-5-7-13/h3-7,14-15,17H,8-12H2,1-2H3/t14-,15-/m1/s1. The van der Waals surface area contributed by atoms with Gasteiger partial charge in [-0.3, -0.25) is 4.79 Å². The lowest BCUT2D eigenvalue weighted by molar-refractivity contribution is -0.134. The van der Waals surface area contributed by atoms with Crippen LogP contribution in [0.3, 0.4) is 0 Å². The van der Waals surface area contributed by atoms with Crippen LogP contribution in [0.2, 0.25) is 0 Å². The molecule has 0 unspecified atom stereocenters. The van der Waals surface area contributed by atoms with Crippen molar-refractivity contribution in [2.24, 2.45) is 5.92 Å². The van der Waals surface area contributed by atoms with Crippen molar-refractivity contribution >= 4 is 15.9 Å². The molecule has 1 N–H and O–H groups in total. The quantitative estimate of drug-likeness (QED) is 0.825. The Kier molecular flexibility index (Phi) is 6.15. The number of sulfonamides is 1. The average Bonchev–Trinajstić information content (AvgIpc) is 2.53. The highest BCUT2D eigenvalue weighted by molar-refractivity contribution is 7.88. The summed E-state index contributed by atoms with van der Waals surface area (Å²) in [6.45, 7) is 0.986. The Morgan fingerprint density at radius 1 is 1.35 bits per heavy atom. The van der Waals surface area contributed by atoms with Gasteiger partial charge in [-0.05, 0) is 18.4 Å². The summed E-state index contributed by atoms with van der Waals surface area (Å²) in [5.74, 6) is 0.0152. The van der Waals surface area contributed by atoms with Crippen molar-refractivity contribution in [3.63, 3.8) is 0 Å². The van der Waals surface area contributed by atoms with Gasteiger partial charge in [0.25, 0.3) is 0 Å². The number of likely N-dealkylation sites (tertiary alicyclic amines) is 1. The maximum Gasteiger partial charge on any atom is 0.237 e. The second-order valence-electron chi connectivity index (χ2n) is 5.95. The van der Waals surface area contributed by atoms with Crippen LogP contribution >= 0.6 is 0 Å². The molecular formula is C16H24N2O4S. The van der Waals surface area contributed by atoms with E-state index in [9.17, 15) is 13.2 Å². The van der Waals surface area contributed by atoms with E-state index >= 15 is 0 Å². The lowest BCUT2D eigenvalue weighted by Crippen LogP contribution is -2.50. The summed E-state index contributed by atoms with van der Waals surface area (Å²) in [6, 6.07) is 10.1. The van der Waals surface area contributed by atoms with Crippen molar-refractivity contribution in [2.75, 3.05) is 33.0 Å². The van der Waals surface area contributed by atoms with E-state index in [4.69, 9.17) is 4.74 Å². The fourth-order valence-corrected chi connectivity index (χ4v) is 3.35. The minimum absolute atomic E-state index is 0.113. The van der Waals surface area contributed by atoms with Gasteiger partial charge in [0.05, 0.1) is 18.9 Å². The molecule has 1 aromatic carbocycles. The lowest BCUT2D eigenvalue weighted by Gasteiger charge is -2.38. The number of carbonyl (C=O) groups is 1. The van der Waals surface area contributed by atoms with Gasteiger partial charge in [-0.25, -0.2) is 13.1 Å². The van der Waals surface area contributed by atoms with Gasteiger partial charge >= 0.3 is 0 Å². The molecule has 6 nitrogen and oxygen atoms in total. The molecule has 1 saturated heterocycles. The van der Waals surface area contributed by atoms with Gasteiger partial charge in [-0.2, -0.15) is 0 Å². The highest BCUT2D eigenvalue weighted by Crippen LogP contribution is 2.23. The zero-order valence-corrected chi connectivity index (χ0v) is 14.4. The van der Waals surface area contributed by atoms with Gasteiger partial charge in [0.2, 0.25) is 15.9 Å². The molecule has 1 aliphatic rings. The van der Waals surface area contributed by atoms with Crippen LogP contribution in [-0.2, 0) is 26.0 Å². The van der Waals surface area contributed by atoms with E-state index < -0.39 is 10.0 Å². The molecule has 0 aliphatic carbocycles. The minimum Gasteiger partial charge on any atom is -0.381 e. The maximum atomic E-state index is 12.2. The number of ether oxygens (including phenoxy) is 1. The van der Waals surface area contributed by atoms with Crippen LogP contribution in [0.1, 0.15) is 12.0 Å². The summed E-state index contributed by atoms with van der Waals surface area (Å²) in [5, 5.41) is 0. The van der Waals surface area contributed by atoms with Crippen LogP contribution < -0.4 is 4.72 Å². The Labute approximate surface area is 137 Å². The number of benzene rings is 1. The topological polar surface area (TPSA) is 75.7 Å². The van der Waals surface area contributed by atoms with E-state index in [1.54, 1.807) is 12.0 Å². The molecular weight excluding hydrogens is 316 g/mol. The summed E-state index contributed by atoms with van der Waals surface area (Å²) in [4.78, 5) is 13.9. The Balaban J connectivity index is 1.98. The third kappa shape index (κ3) is 5.60. The highest BCUT2D eigenvalue weighted by atomic mass is 32.2. The Hall–Kier alpha value is -1.44. The second-order valence-corrected chi connectivity index (χ2v) is 7.78. The summed E-state index contributed by atoms with van der Waals surface area (Å²) in [5.41, 5.74) is 1.21. The Bertz CT molecular complexity index is 618. The first-order chi connectivity index (χ1) is 10.9. The van der Waals surface area contributed by atoms with Crippen LogP contribution in [0, 0.1) is 5.92 Å². The maximum absolute atomic E-state index is 12.2. The Morgan fingerprint density at radius 3 is 2.65 bits per heavy atom. The average molecular weight is 340 g/mol. The molecule has 128 valence electrons. The first-order valence-electron chi connectivity index (χ1n) is 7.68. The molecule has 7 heteroatoms. The number of nitrogens with zero attached hydrogens (tertiary/aromatic N) is 1. The number of amides is 1. The zero-order chi connectivity index (χ0) is 16.9. The first kappa shape index (κ1) is 17.9. The van der Waals surface area contributed by atoms with Crippen molar-refractivity contribution in [1.82, 2.24) is 9.62 Å². The molecule has 2 rings (SSSR count). The molecule has 1 aliphatic heterocycles. The normalized spacial score (nSPS) is 22.1. The SMILES string of the molecule is CO[C@@H]1CCN(C(=O)CNS(C)(=O)=O)C[C@H]1Cc1ccccc1. The van der Waals surface area contributed by atoms with E-state index in [-0.39, 0.29) is 24.5 Å². The van der Waals surface area contributed by atoms with Crippen molar-refractivity contribution in [3.05, 3.63) is 35.9 Å². The molecule has 1 aromatic rings. The van der Waals surface area contributed by atoms with Gasteiger partial charge in [0.1, 0.15) is 0 Å². The van der Waals surface area contributed by atoms with Gasteiger partial charge in [0.15, 0.2) is 0 Å². The van der Waals surface area contributed by atoms with E-state index in [0.29, 0.717) is 13.1 Å². The van der Waals surface area contributed by atoms with Crippen LogP contribution in [0.15, 0.2) is 30.3 Å². The van der Waals surface area contributed by atoms with Crippen molar-refractivity contribution in [1.29, 1.82) is 0 Å². The molecule has 0 aromatic heterocycles. The van der Waals surface area contributed by atoms with E-state index in [0.717, 1.165) is 19.1 Å². The van der Waals surface area contributed by atoms with Gasteiger partial charge in [-0.15, -0.1) is 0 Å². The van der Waals surface area contributed by atoms with Crippen molar-refractivity contribution in [2.45, 2.75) is 18.9 Å². The van der Waals surface area contributed by atoms with E-state index in [1.165, 1.54) is 5.56 Å². The molecule has 23 heavy (non-hydrogen) atoms. The zero-order valence-electron chi connectivity index (χ0n) is 13.6. The third-order valence-corrected chi connectivity index (χ3v) is 4.81. The number of nitrogens with one attached hydrogen (secondary N) is 1. The molecule has 0 radical (unpaired) electrons. The number of methoxy groups -OCH3 is 1. The summed E-state index contributed by atoms with van der Waals surface area (Å²) in [7, 11) is -1.66. The van der Waals surface area contributed by atoms with Crippen LogP contribution in [0.5, 0.6) is 0 Å². The monoisotopic (exact) mass is 340 g/mol. The fourth-order valence-electron chi connectivity index (χ4n) is 2.97. The van der Waals surface area contributed by atoms with Crippen molar-refractivity contribution < 1.29 is 17.9 Å². The minimum atomic E-state index is -3.36.